The van der Waals surface area contributed by atoms with E-state index in [0.29, 0.717) is 30.7 Å². The molecule has 0 aliphatic carbocycles. The van der Waals surface area contributed by atoms with Gasteiger partial charge in [-0.05, 0) is 31.0 Å². The Labute approximate surface area is 182 Å². The second kappa shape index (κ2) is 10.7. The molecule has 0 radical (unpaired) electrons. The van der Waals surface area contributed by atoms with Crippen molar-refractivity contribution >= 4 is 11.9 Å². The van der Waals surface area contributed by atoms with Crippen molar-refractivity contribution in [1.82, 2.24) is 20.5 Å². The normalized spacial score (nSPS) is 16.5. The molecule has 1 atom stereocenters. The van der Waals surface area contributed by atoms with E-state index in [1.54, 1.807) is 24.4 Å². The summed E-state index contributed by atoms with van der Waals surface area (Å²) in [6, 6.07) is 9.74. The zero-order valence-electron chi connectivity index (χ0n) is 18.3. The van der Waals surface area contributed by atoms with Gasteiger partial charge in [0.1, 0.15) is 11.6 Å². The maximum absolute atomic E-state index is 13.3. The average molecular weight is 428 g/mol. The Morgan fingerprint density at radius 3 is 2.87 bits per heavy atom. The summed E-state index contributed by atoms with van der Waals surface area (Å²) in [6.07, 6.45) is 2.59. The smallest absolute Gasteiger partial charge is 0.225 e. The number of aliphatic imine (C=N–C) groups is 1. The molecule has 1 amide bonds. The number of ether oxygens (including phenoxy) is 1. The van der Waals surface area contributed by atoms with E-state index in [-0.39, 0.29) is 23.7 Å². The Hall–Kier alpha value is -3.16. The molecular formula is C23H30FN5O2. The number of carbonyl (C=O) groups is 1. The number of rotatable bonds is 7. The molecule has 1 aliphatic heterocycles. The van der Waals surface area contributed by atoms with Gasteiger partial charge in [-0.2, -0.15) is 0 Å². The SMILES string of the molecule is CCNC(=NCc1ccc(Oc2cccc(F)c2)nc1)NC1CCN(C(=O)C(C)C)C1. The number of carbonyl (C=O) groups excluding carboxylic acids is 1. The number of hydrogen-bond acceptors (Lipinski definition) is 4. The molecular weight excluding hydrogens is 397 g/mol. The summed E-state index contributed by atoms with van der Waals surface area (Å²) in [5.74, 6) is 1.36. The van der Waals surface area contributed by atoms with Gasteiger partial charge in [0, 0.05) is 49.9 Å². The van der Waals surface area contributed by atoms with Crippen LogP contribution in [0, 0.1) is 11.7 Å². The molecule has 1 unspecified atom stereocenters. The number of benzene rings is 1. The molecule has 3 rings (SSSR count). The molecule has 1 saturated heterocycles. The minimum absolute atomic E-state index is 0.0148. The van der Waals surface area contributed by atoms with Crippen molar-refractivity contribution in [2.75, 3.05) is 19.6 Å². The fourth-order valence-corrected chi connectivity index (χ4v) is 3.34. The van der Waals surface area contributed by atoms with Gasteiger partial charge in [0.25, 0.3) is 0 Å². The van der Waals surface area contributed by atoms with Gasteiger partial charge >= 0.3 is 0 Å². The van der Waals surface area contributed by atoms with Crippen molar-refractivity contribution in [3.05, 3.63) is 54.0 Å². The van der Waals surface area contributed by atoms with E-state index in [2.05, 4.69) is 20.6 Å². The van der Waals surface area contributed by atoms with Gasteiger partial charge in [-0.3, -0.25) is 4.79 Å². The first-order valence-electron chi connectivity index (χ1n) is 10.7. The first-order valence-corrected chi connectivity index (χ1v) is 10.7. The van der Waals surface area contributed by atoms with E-state index in [1.807, 2.05) is 31.7 Å². The van der Waals surface area contributed by atoms with E-state index in [1.165, 1.54) is 12.1 Å². The molecule has 7 nitrogen and oxygen atoms in total. The highest BCUT2D eigenvalue weighted by Crippen LogP contribution is 2.20. The predicted octanol–water partition coefficient (Wildman–Crippen LogP) is 3.33. The molecule has 2 aromatic rings. The Morgan fingerprint density at radius 2 is 2.19 bits per heavy atom. The van der Waals surface area contributed by atoms with Crippen LogP contribution in [0.1, 0.15) is 32.8 Å². The minimum atomic E-state index is -0.356. The molecule has 2 heterocycles. The van der Waals surface area contributed by atoms with Crippen molar-refractivity contribution < 1.29 is 13.9 Å². The van der Waals surface area contributed by atoms with Crippen molar-refractivity contribution in [1.29, 1.82) is 0 Å². The van der Waals surface area contributed by atoms with Crippen LogP contribution in [0.3, 0.4) is 0 Å². The van der Waals surface area contributed by atoms with Gasteiger partial charge in [0.15, 0.2) is 5.96 Å². The lowest BCUT2D eigenvalue weighted by molar-refractivity contribution is -0.133. The van der Waals surface area contributed by atoms with Crippen LogP contribution in [0.15, 0.2) is 47.6 Å². The highest BCUT2D eigenvalue weighted by Gasteiger charge is 2.27. The third kappa shape index (κ3) is 6.67. The van der Waals surface area contributed by atoms with Crippen LogP contribution in [0.4, 0.5) is 4.39 Å². The molecule has 1 aliphatic rings. The minimum Gasteiger partial charge on any atom is -0.439 e. The van der Waals surface area contributed by atoms with Gasteiger partial charge in [0.05, 0.1) is 6.54 Å². The molecule has 1 aromatic carbocycles. The number of likely N-dealkylation sites (tertiary alicyclic amines) is 1. The lowest BCUT2D eigenvalue weighted by Gasteiger charge is -2.20. The largest absolute Gasteiger partial charge is 0.439 e. The molecule has 1 aromatic heterocycles. The summed E-state index contributed by atoms with van der Waals surface area (Å²) in [5.41, 5.74) is 0.923. The maximum Gasteiger partial charge on any atom is 0.225 e. The van der Waals surface area contributed by atoms with Crippen molar-refractivity contribution in [3.63, 3.8) is 0 Å². The maximum atomic E-state index is 13.3. The molecule has 2 N–H and O–H groups in total. The first-order chi connectivity index (χ1) is 14.9. The summed E-state index contributed by atoms with van der Waals surface area (Å²) in [7, 11) is 0. The third-order valence-corrected chi connectivity index (χ3v) is 4.91. The van der Waals surface area contributed by atoms with Crippen LogP contribution in [-0.2, 0) is 11.3 Å². The number of hydrogen-bond donors (Lipinski definition) is 2. The summed E-state index contributed by atoms with van der Waals surface area (Å²) in [5, 5.41) is 6.68. The van der Waals surface area contributed by atoms with E-state index >= 15 is 0 Å². The summed E-state index contributed by atoms with van der Waals surface area (Å²) < 4.78 is 18.8. The number of halogens is 1. The fourth-order valence-electron chi connectivity index (χ4n) is 3.34. The van der Waals surface area contributed by atoms with Gasteiger partial charge < -0.3 is 20.3 Å². The number of pyridine rings is 1. The van der Waals surface area contributed by atoms with Crippen LogP contribution in [0.2, 0.25) is 0 Å². The summed E-state index contributed by atoms with van der Waals surface area (Å²) in [6.45, 7) is 8.52. The number of nitrogens with one attached hydrogen (secondary N) is 2. The molecule has 8 heteroatoms. The van der Waals surface area contributed by atoms with Crippen LogP contribution in [0.5, 0.6) is 11.6 Å². The molecule has 0 saturated carbocycles. The van der Waals surface area contributed by atoms with E-state index in [0.717, 1.165) is 25.1 Å². The standard InChI is InChI=1S/C23H30FN5O2/c1-4-25-23(28-19-10-11-29(15-19)22(30)16(2)3)27-14-17-8-9-21(26-13-17)31-20-7-5-6-18(24)12-20/h5-9,12-13,16,19H,4,10-11,14-15H2,1-3H3,(H2,25,27,28). The highest BCUT2D eigenvalue weighted by molar-refractivity contribution is 5.81. The molecule has 31 heavy (non-hydrogen) atoms. The average Bonchev–Trinajstić information content (AvgIpc) is 3.21. The zero-order chi connectivity index (χ0) is 22.2. The summed E-state index contributed by atoms with van der Waals surface area (Å²) >= 11 is 0. The predicted molar refractivity (Wildman–Crippen MR) is 118 cm³/mol. The monoisotopic (exact) mass is 427 g/mol. The number of aromatic nitrogens is 1. The zero-order valence-corrected chi connectivity index (χ0v) is 18.3. The number of amides is 1. The van der Waals surface area contributed by atoms with Crippen molar-refractivity contribution in [2.24, 2.45) is 10.9 Å². The van der Waals surface area contributed by atoms with Crippen molar-refractivity contribution in [2.45, 2.75) is 39.8 Å². The molecule has 1 fully saturated rings. The summed E-state index contributed by atoms with van der Waals surface area (Å²) in [4.78, 5) is 23.0. The Morgan fingerprint density at radius 1 is 1.35 bits per heavy atom. The van der Waals surface area contributed by atoms with E-state index in [9.17, 15) is 9.18 Å². The Bertz CT molecular complexity index is 901. The lowest BCUT2D eigenvalue weighted by Crippen LogP contribution is -2.45. The molecule has 0 spiro atoms. The first kappa shape index (κ1) is 22.5. The van der Waals surface area contributed by atoms with Gasteiger partial charge in [-0.1, -0.05) is 26.0 Å². The van der Waals surface area contributed by atoms with Crippen molar-refractivity contribution in [3.8, 4) is 11.6 Å². The van der Waals surface area contributed by atoms with Gasteiger partial charge in [0.2, 0.25) is 11.8 Å². The van der Waals surface area contributed by atoms with Gasteiger partial charge in [-0.15, -0.1) is 0 Å². The fraction of sp³-hybridized carbons (Fsp3) is 0.435. The van der Waals surface area contributed by atoms with Gasteiger partial charge in [-0.25, -0.2) is 14.4 Å². The van der Waals surface area contributed by atoms with Crippen LogP contribution >= 0.6 is 0 Å². The Kier molecular flexibility index (Phi) is 7.81. The third-order valence-electron chi connectivity index (χ3n) is 4.91. The van der Waals surface area contributed by atoms with E-state index in [4.69, 9.17) is 4.74 Å². The Balaban J connectivity index is 1.56. The lowest BCUT2D eigenvalue weighted by atomic mass is 10.2. The second-order valence-corrected chi connectivity index (χ2v) is 7.83. The second-order valence-electron chi connectivity index (χ2n) is 7.83. The number of nitrogens with zero attached hydrogens (tertiary/aromatic N) is 3. The molecule has 166 valence electrons. The van der Waals surface area contributed by atoms with E-state index < -0.39 is 0 Å². The van der Waals surface area contributed by atoms with Crippen LogP contribution < -0.4 is 15.4 Å². The number of guanidine groups is 1. The topological polar surface area (TPSA) is 78.9 Å². The molecule has 0 bridgehead atoms. The van der Waals surface area contributed by atoms with Crippen LogP contribution in [-0.4, -0.2) is 47.4 Å². The quantitative estimate of drug-likeness (QED) is 0.524. The van der Waals surface area contributed by atoms with Crippen LogP contribution in [0.25, 0.3) is 0 Å². The highest BCUT2D eigenvalue weighted by atomic mass is 19.1.